The summed E-state index contributed by atoms with van der Waals surface area (Å²) in [5.41, 5.74) is 2.66. The van der Waals surface area contributed by atoms with E-state index in [1.165, 1.54) is 11.1 Å². The van der Waals surface area contributed by atoms with Gasteiger partial charge in [-0.05, 0) is 31.7 Å². The highest BCUT2D eigenvalue weighted by Gasteiger charge is 2.25. The number of carbonyl (C=O) groups excluding carboxylic acids is 1. The second-order valence-electron chi connectivity index (χ2n) is 5.74. The van der Waals surface area contributed by atoms with Crippen LogP contribution in [0.15, 0.2) is 29.3 Å². The number of ether oxygens (including phenoxy) is 1. The van der Waals surface area contributed by atoms with Gasteiger partial charge in [-0.25, -0.2) is 4.79 Å². The molecule has 1 saturated heterocycles. The van der Waals surface area contributed by atoms with Gasteiger partial charge in [-0.15, -0.1) is 0 Å². The number of rotatable bonds is 2. The minimum atomic E-state index is -0.304. The molecule has 1 aromatic carbocycles. The quantitative estimate of drug-likeness (QED) is 0.911. The van der Waals surface area contributed by atoms with Crippen LogP contribution in [0, 0.1) is 0 Å². The van der Waals surface area contributed by atoms with Crippen LogP contribution in [-0.4, -0.2) is 49.1 Å². The maximum atomic E-state index is 11.5. The molecule has 2 aliphatic heterocycles. The van der Waals surface area contributed by atoms with Crippen LogP contribution in [0.25, 0.3) is 0 Å². The first kappa shape index (κ1) is 14.9. The number of hydrogen-bond acceptors (Lipinski definition) is 4. The number of amidine groups is 1. The third-order valence-electron chi connectivity index (χ3n) is 4.29. The summed E-state index contributed by atoms with van der Waals surface area (Å²) in [6.45, 7) is 4.95. The lowest BCUT2D eigenvalue weighted by Gasteiger charge is -2.36. The third kappa shape index (κ3) is 3.24. The minimum absolute atomic E-state index is 0.203. The number of aliphatic imine (C=N–C) groups is 1. The van der Waals surface area contributed by atoms with Gasteiger partial charge < -0.3 is 15.0 Å². The molecule has 3 rings (SSSR count). The molecule has 1 N–H and O–H groups in total. The molecule has 0 saturated carbocycles. The number of fused-ring (bicyclic) bond motifs is 1. The zero-order valence-electron chi connectivity index (χ0n) is 13.0. The molecule has 0 radical (unpaired) electrons. The Hall–Kier alpha value is -2.04. The number of benzene rings is 1. The molecule has 0 bridgehead atoms. The van der Waals surface area contributed by atoms with Gasteiger partial charge in [0.05, 0.1) is 6.61 Å². The summed E-state index contributed by atoms with van der Waals surface area (Å²) in [5, 5.41) is 2.93. The lowest BCUT2D eigenvalue weighted by atomic mass is 9.98. The molecule has 0 aliphatic carbocycles. The average molecular weight is 301 g/mol. The van der Waals surface area contributed by atoms with Crippen molar-refractivity contribution in [2.75, 3.05) is 26.2 Å². The first-order chi connectivity index (χ1) is 10.8. The number of nitrogens with one attached hydrogen (secondary N) is 1. The maximum absolute atomic E-state index is 11.5. The van der Waals surface area contributed by atoms with Crippen molar-refractivity contribution in [3.8, 4) is 0 Å². The van der Waals surface area contributed by atoms with E-state index in [0.717, 1.165) is 44.7 Å². The van der Waals surface area contributed by atoms with Crippen molar-refractivity contribution in [1.82, 2.24) is 10.2 Å². The van der Waals surface area contributed by atoms with E-state index in [9.17, 15) is 4.79 Å². The van der Waals surface area contributed by atoms with Crippen molar-refractivity contribution >= 4 is 11.9 Å². The summed E-state index contributed by atoms with van der Waals surface area (Å²) in [5.74, 6) is 1.12. The molecule has 1 aromatic rings. The zero-order chi connectivity index (χ0) is 15.4. The van der Waals surface area contributed by atoms with E-state index in [4.69, 9.17) is 9.73 Å². The predicted molar refractivity (Wildman–Crippen MR) is 86.3 cm³/mol. The molecule has 0 unspecified atom stereocenters. The lowest BCUT2D eigenvalue weighted by Crippen LogP contribution is -2.47. The van der Waals surface area contributed by atoms with Crippen LogP contribution in [0.4, 0.5) is 4.79 Å². The highest BCUT2D eigenvalue weighted by molar-refractivity contribution is 6.00. The number of nitrogens with zero attached hydrogens (tertiary/aromatic N) is 2. The molecule has 1 fully saturated rings. The summed E-state index contributed by atoms with van der Waals surface area (Å²) in [4.78, 5) is 18.6. The van der Waals surface area contributed by atoms with Gasteiger partial charge in [0.15, 0.2) is 0 Å². The van der Waals surface area contributed by atoms with Gasteiger partial charge in [0.2, 0.25) is 0 Å². The Morgan fingerprint density at radius 2 is 2.14 bits per heavy atom. The smallest absolute Gasteiger partial charge is 0.407 e. The molecule has 2 heterocycles. The summed E-state index contributed by atoms with van der Waals surface area (Å²) in [7, 11) is 0. The van der Waals surface area contributed by atoms with Crippen LogP contribution in [0.1, 0.15) is 30.9 Å². The summed E-state index contributed by atoms with van der Waals surface area (Å²) in [6, 6.07) is 8.73. The number of amides is 1. The topological polar surface area (TPSA) is 53.9 Å². The number of hydrogen-bond donors (Lipinski definition) is 1. The van der Waals surface area contributed by atoms with Crippen molar-refractivity contribution in [1.29, 1.82) is 0 Å². The Morgan fingerprint density at radius 1 is 1.36 bits per heavy atom. The maximum Gasteiger partial charge on any atom is 0.407 e. The largest absolute Gasteiger partial charge is 0.450 e. The number of likely N-dealkylation sites (tertiary alicyclic amines) is 1. The Balaban J connectivity index is 1.60. The van der Waals surface area contributed by atoms with Crippen molar-refractivity contribution < 1.29 is 9.53 Å². The molecule has 118 valence electrons. The first-order valence-electron chi connectivity index (χ1n) is 8.09. The monoisotopic (exact) mass is 301 g/mol. The van der Waals surface area contributed by atoms with Crippen LogP contribution < -0.4 is 5.32 Å². The molecule has 2 aliphatic rings. The normalized spacial score (nSPS) is 18.4. The van der Waals surface area contributed by atoms with Crippen molar-refractivity contribution in [3.05, 3.63) is 35.4 Å². The fourth-order valence-corrected chi connectivity index (χ4v) is 3.17. The van der Waals surface area contributed by atoms with Crippen molar-refractivity contribution in [3.63, 3.8) is 0 Å². The van der Waals surface area contributed by atoms with Crippen molar-refractivity contribution in [2.45, 2.75) is 32.2 Å². The van der Waals surface area contributed by atoms with Crippen molar-refractivity contribution in [2.24, 2.45) is 4.99 Å². The zero-order valence-corrected chi connectivity index (χ0v) is 13.0. The highest BCUT2D eigenvalue weighted by atomic mass is 16.5. The summed E-state index contributed by atoms with van der Waals surface area (Å²) < 4.78 is 4.95. The lowest BCUT2D eigenvalue weighted by molar-refractivity contribution is 0.143. The van der Waals surface area contributed by atoms with E-state index < -0.39 is 0 Å². The van der Waals surface area contributed by atoms with E-state index in [2.05, 4.69) is 34.5 Å². The minimum Gasteiger partial charge on any atom is -0.450 e. The van der Waals surface area contributed by atoms with E-state index in [1.807, 2.05) is 6.92 Å². The Labute approximate surface area is 131 Å². The molecular formula is C17H23N3O2. The number of alkyl carbamates (subject to hydrolysis) is 1. The van der Waals surface area contributed by atoms with E-state index in [1.54, 1.807) is 0 Å². The van der Waals surface area contributed by atoms with Crippen LogP contribution in [0.2, 0.25) is 0 Å². The Bertz CT molecular complexity index is 563. The molecule has 5 nitrogen and oxygen atoms in total. The van der Waals surface area contributed by atoms with Crippen LogP contribution in [0.5, 0.6) is 0 Å². The molecule has 0 atom stereocenters. The second-order valence-corrected chi connectivity index (χ2v) is 5.74. The van der Waals surface area contributed by atoms with Gasteiger partial charge in [-0.3, -0.25) is 4.99 Å². The summed E-state index contributed by atoms with van der Waals surface area (Å²) >= 11 is 0. The molecule has 0 spiro atoms. The van der Waals surface area contributed by atoms with Crippen LogP contribution in [0.3, 0.4) is 0 Å². The van der Waals surface area contributed by atoms with E-state index >= 15 is 0 Å². The second kappa shape index (κ2) is 6.81. The molecule has 0 aromatic heterocycles. The predicted octanol–water partition coefficient (Wildman–Crippen LogP) is 2.20. The molecular weight excluding hydrogens is 278 g/mol. The first-order valence-corrected chi connectivity index (χ1v) is 8.09. The summed E-state index contributed by atoms with van der Waals surface area (Å²) in [6.07, 6.45) is 2.59. The SMILES string of the molecule is CCOC(=O)NC1CCN(C2=NCCc3ccccc32)CC1. The van der Waals surface area contributed by atoms with Gasteiger partial charge in [0.25, 0.3) is 0 Å². The molecule has 22 heavy (non-hydrogen) atoms. The standard InChI is InChI=1S/C17H23N3O2/c1-2-22-17(21)19-14-8-11-20(12-9-14)16-15-6-4-3-5-13(15)7-10-18-16/h3-6,14H,2,7-12H2,1H3,(H,19,21). The average Bonchev–Trinajstić information content (AvgIpc) is 2.55. The fourth-order valence-electron chi connectivity index (χ4n) is 3.17. The molecule has 1 amide bonds. The van der Waals surface area contributed by atoms with Crippen LogP contribution in [-0.2, 0) is 11.2 Å². The van der Waals surface area contributed by atoms with Gasteiger partial charge in [-0.2, -0.15) is 0 Å². The van der Waals surface area contributed by atoms with Gasteiger partial charge >= 0.3 is 6.09 Å². The number of carbonyl (C=O) groups is 1. The third-order valence-corrected chi connectivity index (χ3v) is 4.29. The van der Waals surface area contributed by atoms with Gasteiger partial charge in [0, 0.05) is 31.2 Å². The van der Waals surface area contributed by atoms with Gasteiger partial charge in [-0.1, -0.05) is 24.3 Å². The Morgan fingerprint density at radius 3 is 2.91 bits per heavy atom. The van der Waals surface area contributed by atoms with Crippen LogP contribution >= 0.6 is 0 Å². The fraction of sp³-hybridized carbons (Fsp3) is 0.529. The Kier molecular flexibility index (Phi) is 4.61. The molecule has 5 heteroatoms. The number of piperidine rings is 1. The van der Waals surface area contributed by atoms with Gasteiger partial charge in [0.1, 0.15) is 5.84 Å². The highest BCUT2D eigenvalue weighted by Crippen LogP contribution is 2.21. The van der Waals surface area contributed by atoms with E-state index in [0.29, 0.717) is 6.61 Å². The van der Waals surface area contributed by atoms with E-state index in [-0.39, 0.29) is 12.1 Å².